The van der Waals surface area contributed by atoms with Crippen molar-refractivity contribution in [3.63, 3.8) is 0 Å². The molecule has 9 heavy (non-hydrogen) atoms. The molecule has 0 heterocycles. The monoisotopic (exact) mass is 128 g/mol. The summed E-state index contributed by atoms with van der Waals surface area (Å²) in [6.07, 6.45) is 2.65. The summed E-state index contributed by atoms with van der Waals surface area (Å²) >= 11 is 0. The second kappa shape index (κ2) is 4.27. The van der Waals surface area contributed by atoms with Gasteiger partial charge in [-0.05, 0) is 6.92 Å². The number of carbonyl (C=O) groups excluding carboxylic acids is 1. The van der Waals surface area contributed by atoms with Gasteiger partial charge < -0.3 is 5.11 Å². The number of carbonyl (C=O) groups is 1. The molecule has 0 fully saturated rings. The van der Waals surface area contributed by atoms with Gasteiger partial charge in [-0.1, -0.05) is 19.1 Å². The minimum atomic E-state index is -0.889. The van der Waals surface area contributed by atoms with Crippen molar-refractivity contribution in [2.75, 3.05) is 0 Å². The summed E-state index contributed by atoms with van der Waals surface area (Å²) in [5.41, 5.74) is 0. The lowest BCUT2D eigenvalue weighted by Crippen LogP contribution is -2.15. The van der Waals surface area contributed by atoms with E-state index in [9.17, 15) is 4.79 Å². The highest BCUT2D eigenvalue weighted by atomic mass is 16.3. The van der Waals surface area contributed by atoms with Gasteiger partial charge in [-0.2, -0.15) is 0 Å². The van der Waals surface area contributed by atoms with Crippen molar-refractivity contribution in [3.8, 4) is 0 Å². The van der Waals surface area contributed by atoms with E-state index in [4.69, 9.17) is 5.11 Å². The Morgan fingerprint density at radius 3 is 2.67 bits per heavy atom. The Bertz CT molecular complexity index is 116. The van der Waals surface area contributed by atoms with Gasteiger partial charge in [0.05, 0.1) is 0 Å². The lowest BCUT2D eigenvalue weighted by molar-refractivity contribution is -0.124. The van der Waals surface area contributed by atoms with E-state index in [1.165, 1.54) is 6.08 Å². The average molecular weight is 128 g/mol. The highest BCUT2D eigenvalue weighted by Crippen LogP contribution is 1.91. The molecule has 0 amide bonds. The summed E-state index contributed by atoms with van der Waals surface area (Å²) in [6, 6.07) is 0. The maximum atomic E-state index is 10.6. The quantitative estimate of drug-likeness (QED) is 0.573. The number of aliphatic hydroxyl groups excluding tert-OH is 1. The van der Waals surface area contributed by atoms with Gasteiger partial charge in [0, 0.05) is 6.42 Å². The van der Waals surface area contributed by atoms with Gasteiger partial charge in [0.15, 0.2) is 5.78 Å². The van der Waals surface area contributed by atoms with E-state index in [1.807, 2.05) is 0 Å². The number of rotatable bonds is 3. The largest absolute Gasteiger partial charge is 0.381 e. The first kappa shape index (κ1) is 8.37. The molecule has 1 N–H and O–H groups in total. The zero-order valence-corrected chi connectivity index (χ0v) is 5.79. The third kappa shape index (κ3) is 3.03. The summed E-state index contributed by atoms with van der Waals surface area (Å²) in [5, 5.41) is 8.88. The summed E-state index contributed by atoms with van der Waals surface area (Å²) in [6.45, 7) is 3.50. The molecule has 0 aromatic carbocycles. The molecule has 1 unspecified atom stereocenters. The van der Waals surface area contributed by atoms with Gasteiger partial charge in [-0.15, -0.1) is 0 Å². The van der Waals surface area contributed by atoms with Gasteiger partial charge >= 0.3 is 0 Å². The fourth-order valence-corrected chi connectivity index (χ4v) is 0.499. The number of Topliss-reactive ketones (excluding diaryl/α,β-unsaturated/α-hetero) is 1. The first-order valence-electron chi connectivity index (χ1n) is 3.06. The molecule has 2 nitrogen and oxygen atoms in total. The molecule has 0 aliphatic heterocycles. The first-order valence-corrected chi connectivity index (χ1v) is 3.06. The SMILES string of the molecule is C/C=C/C(O)C(=O)CC. The van der Waals surface area contributed by atoms with Crippen LogP contribution in [0.4, 0.5) is 0 Å². The van der Waals surface area contributed by atoms with Crippen LogP contribution in [0.15, 0.2) is 12.2 Å². The minimum Gasteiger partial charge on any atom is -0.381 e. The molecule has 0 rings (SSSR count). The Hall–Kier alpha value is -0.630. The Kier molecular flexibility index (Phi) is 3.97. The fraction of sp³-hybridized carbons (Fsp3) is 0.571. The molecular formula is C7H12O2. The van der Waals surface area contributed by atoms with Crippen LogP contribution >= 0.6 is 0 Å². The molecular weight excluding hydrogens is 116 g/mol. The Morgan fingerprint density at radius 2 is 2.33 bits per heavy atom. The molecule has 0 saturated carbocycles. The molecule has 0 aliphatic carbocycles. The van der Waals surface area contributed by atoms with E-state index in [0.717, 1.165) is 0 Å². The number of aliphatic hydroxyl groups is 1. The van der Waals surface area contributed by atoms with Crippen molar-refractivity contribution in [2.45, 2.75) is 26.4 Å². The molecule has 0 aromatic rings. The van der Waals surface area contributed by atoms with Crippen LogP contribution in [-0.2, 0) is 4.79 Å². The molecule has 0 radical (unpaired) electrons. The van der Waals surface area contributed by atoms with Crippen molar-refractivity contribution >= 4 is 5.78 Å². The number of hydrogen-bond acceptors (Lipinski definition) is 2. The average Bonchev–Trinajstić information content (AvgIpc) is 1.87. The summed E-state index contributed by atoms with van der Waals surface area (Å²) in [5.74, 6) is -0.131. The van der Waals surface area contributed by atoms with E-state index in [-0.39, 0.29) is 5.78 Å². The van der Waals surface area contributed by atoms with E-state index >= 15 is 0 Å². The lowest BCUT2D eigenvalue weighted by atomic mass is 10.2. The third-order valence-electron chi connectivity index (χ3n) is 1.05. The lowest BCUT2D eigenvalue weighted by Gasteiger charge is -1.98. The van der Waals surface area contributed by atoms with E-state index < -0.39 is 6.10 Å². The van der Waals surface area contributed by atoms with Crippen molar-refractivity contribution in [2.24, 2.45) is 0 Å². The standard InChI is InChI=1S/C7H12O2/c1-3-5-7(9)6(8)4-2/h3,5,7,9H,4H2,1-2H3/b5-3+. The van der Waals surface area contributed by atoms with Crippen molar-refractivity contribution < 1.29 is 9.90 Å². The summed E-state index contributed by atoms with van der Waals surface area (Å²) in [7, 11) is 0. The second-order valence-corrected chi connectivity index (χ2v) is 1.79. The predicted octanol–water partition coefficient (Wildman–Crippen LogP) is 0.903. The van der Waals surface area contributed by atoms with Crippen molar-refractivity contribution in [1.29, 1.82) is 0 Å². The maximum Gasteiger partial charge on any atom is 0.164 e. The highest BCUT2D eigenvalue weighted by molar-refractivity contribution is 5.84. The molecule has 0 aromatic heterocycles. The van der Waals surface area contributed by atoms with Crippen LogP contribution < -0.4 is 0 Å². The smallest absolute Gasteiger partial charge is 0.164 e. The molecule has 52 valence electrons. The zero-order chi connectivity index (χ0) is 7.28. The van der Waals surface area contributed by atoms with Gasteiger partial charge in [0.25, 0.3) is 0 Å². The molecule has 0 aliphatic rings. The minimum absolute atomic E-state index is 0.131. The predicted molar refractivity (Wildman–Crippen MR) is 36.1 cm³/mol. The normalized spacial score (nSPS) is 14.1. The fourth-order valence-electron chi connectivity index (χ4n) is 0.499. The van der Waals surface area contributed by atoms with Gasteiger partial charge in [-0.25, -0.2) is 0 Å². The van der Waals surface area contributed by atoms with Crippen molar-refractivity contribution in [3.05, 3.63) is 12.2 Å². The van der Waals surface area contributed by atoms with E-state index in [0.29, 0.717) is 6.42 Å². The summed E-state index contributed by atoms with van der Waals surface area (Å²) < 4.78 is 0. The maximum absolute atomic E-state index is 10.6. The third-order valence-corrected chi connectivity index (χ3v) is 1.05. The van der Waals surface area contributed by atoms with E-state index in [2.05, 4.69) is 0 Å². The highest BCUT2D eigenvalue weighted by Gasteiger charge is 2.06. The van der Waals surface area contributed by atoms with Crippen LogP contribution in [0.2, 0.25) is 0 Å². The molecule has 1 atom stereocenters. The second-order valence-electron chi connectivity index (χ2n) is 1.79. The molecule has 2 heteroatoms. The van der Waals surface area contributed by atoms with Crippen LogP contribution in [0.25, 0.3) is 0 Å². The first-order chi connectivity index (χ1) is 4.22. The van der Waals surface area contributed by atoms with E-state index in [1.54, 1.807) is 19.9 Å². The Labute approximate surface area is 55.2 Å². The zero-order valence-electron chi connectivity index (χ0n) is 5.79. The summed E-state index contributed by atoms with van der Waals surface area (Å²) in [4.78, 5) is 10.6. The molecule has 0 saturated heterocycles. The van der Waals surface area contributed by atoms with Crippen LogP contribution in [0.5, 0.6) is 0 Å². The topological polar surface area (TPSA) is 37.3 Å². The molecule has 0 bridgehead atoms. The van der Waals surface area contributed by atoms with Crippen molar-refractivity contribution in [1.82, 2.24) is 0 Å². The van der Waals surface area contributed by atoms with Gasteiger partial charge in [-0.3, -0.25) is 4.79 Å². The van der Waals surface area contributed by atoms with Crippen LogP contribution in [0.3, 0.4) is 0 Å². The van der Waals surface area contributed by atoms with Crippen LogP contribution in [0.1, 0.15) is 20.3 Å². The number of allylic oxidation sites excluding steroid dienone is 1. The van der Waals surface area contributed by atoms with Crippen LogP contribution in [-0.4, -0.2) is 17.0 Å². The molecule has 0 spiro atoms. The van der Waals surface area contributed by atoms with Gasteiger partial charge in [0.1, 0.15) is 6.10 Å². The Morgan fingerprint density at radius 1 is 1.78 bits per heavy atom. The Balaban J connectivity index is 3.72. The van der Waals surface area contributed by atoms with Crippen LogP contribution in [0, 0.1) is 0 Å². The number of ketones is 1. The number of hydrogen-bond donors (Lipinski definition) is 1. The van der Waals surface area contributed by atoms with Gasteiger partial charge in [0.2, 0.25) is 0 Å².